The first-order valence-corrected chi connectivity index (χ1v) is 9.97. The quantitative estimate of drug-likeness (QED) is 0.858. The van der Waals surface area contributed by atoms with Gasteiger partial charge in [0.2, 0.25) is 0 Å². The molecule has 0 saturated carbocycles. The molecule has 0 aromatic heterocycles. The molecule has 0 aliphatic carbocycles. The number of ether oxygens (including phenoxy) is 1. The number of hydrogen-bond donors (Lipinski definition) is 2. The van der Waals surface area contributed by atoms with Crippen LogP contribution in [0.5, 0.6) is 0 Å². The zero-order valence-electron chi connectivity index (χ0n) is 14.5. The molecule has 0 amide bonds. The first-order chi connectivity index (χ1) is 12.6. The normalized spacial score (nSPS) is 28.1. The van der Waals surface area contributed by atoms with Gasteiger partial charge in [-0.25, -0.2) is 4.39 Å². The highest BCUT2D eigenvalue weighted by atomic mass is 32.2. The summed E-state index contributed by atoms with van der Waals surface area (Å²) < 4.78 is 20.2. The van der Waals surface area contributed by atoms with Crippen molar-refractivity contribution >= 4 is 11.8 Å². The second kappa shape index (κ2) is 7.69. The largest absolute Gasteiger partial charge is 0.394 e. The third-order valence-electron chi connectivity index (χ3n) is 5.17. The van der Waals surface area contributed by atoms with Crippen molar-refractivity contribution in [1.29, 1.82) is 0 Å². The second-order valence-electron chi connectivity index (χ2n) is 7.17. The Morgan fingerprint density at radius 3 is 2.81 bits per heavy atom. The van der Waals surface area contributed by atoms with Gasteiger partial charge in [0, 0.05) is 28.6 Å². The molecule has 2 aromatic rings. The molecule has 2 N–H and O–H groups in total. The lowest BCUT2D eigenvalue weighted by atomic mass is 9.93. The third-order valence-corrected chi connectivity index (χ3v) is 6.48. The number of aliphatic hydroxyl groups is 2. The first kappa shape index (κ1) is 18.0. The summed E-state index contributed by atoms with van der Waals surface area (Å²) in [6.07, 6.45) is 1.13. The summed E-state index contributed by atoms with van der Waals surface area (Å²) in [6, 6.07) is 13.7. The van der Waals surface area contributed by atoms with Gasteiger partial charge in [-0.1, -0.05) is 30.3 Å². The van der Waals surface area contributed by atoms with Crippen LogP contribution in [0.2, 0.25) is 0 Å². The van der Waals surface area contributed by atoms with Gasteiger partial charge in [-0.2, -0.15) is 0 Å². The number of benzene rings is 2. The zero-order valence-corrected chi connectivity index (χ0v) is 15.3. The van der Waals surface area contributed by atoms with Crippen LogP contribution in [0.4, 0.5) is 4.39 Å². The van der Waals surface area contributed by atoms with Crippen molar-refractivity contribution in [3.8, 4) is 0 Å². The Hall–Kier alpha value is -1.40. The molecule has 5 heteroatoms. The van der Waals surface area contributed by atoms with Crippen LogP contribution in [-0.4, -0.2) is 34.3 Å². The standard InChI is InChI=1S/C21H23FO3S/c22-19-6-5-13(7-17-9-14-3-1-2-4-21(14)26-17)8-18(19)20-11-15(24)10-16(12-23)25-20/h1-6,8,15-17,20,23-24H,7,9-12H2. The van der Waals surface area contributed by atoms with Gasteiger partial charge in [0.25, 0.3) is 0 Å². The molecule has 2 aliphatic rings. The van der Waals surface area contributed by atoms with Crippen molar-refractivity contribution in [2.75, 3.05) is 6.61 Å². The summed E-state index contributed by atoms with van der Waals surface area (Å²) in [5.41, 5.74) is 2.95. The zero-order chi connectivity index (χ0) is 18.1. The maximum atomic E-state index is 14.4. The maximum absolute atomic E-state index is 14.4. The fraction of sp³-hybridized carbons (Fsp3) is 0.429. The summed E-state index contributed by atoms with van der Waals surface area (Å²) in [4.78, 5) is 1.34. The van der Waals surface area contributed by atoms with Crippen LogP contribution in [-0.2, 0) is 17.6 Å². The lowest BCUT2D eigenvalue weighted by Crippen LogP contribution is -2.33. The topological polar surface area (TPSA) is 49.7 Å². The molecule has 0 bridgehead atoms. The summed E-state index contributed by atoms with van der Waals surface area (Å²) in [6.45, 7) is -0.161. The number of halogens is 1. The highest BCUT2D eigenvalue weighted by Gasteiger charge is 2.31. The minimum Gasteiger partial charge on any atom is -0.394 e. The number of hydrogen-bond acceptors (Lipinski definition) is 4. The predicted octanol–water partition coefficient (Wildman–Crippen LogP) is 3.66. The highest BCUT2D eigenvalue weighted by molar-refractivity contribution is 8.00. The van der Waals surface area contributed by atoms with E-state index in [1.54, 1.807) is 0 Å². The van der Waals surface area contributed by atoms with Gasteiger partial charge in [-0.05, 0) is 36.1 Å². The monoisotopic (exact) mass is 374 g/mol. The molecule has 26 heavy (non-hydrogen) atoms. The summed E-state index contributed by atoms with van der Waals surface area (Å²) >= 11 is 1.88. The molecule has 1 fully saturated rings. The maximum Gasteiger partial charge on any atom is 0.129 e. The van der Waals surface area contributed by atoms with Crippen LogP contribution in [0.15, 0.2) is 47.4 Å². The number of thioether (sulfide) groups is 1. The average molecular weight is 374 g/mol. The van der Waals surface area contributed by atoms with Crippen LogP contribution < -0.4 is 0 Å². The van der Waals surface area contributed by atoms with Gasteiger partial charge in [-0.3, -0.25) is 0 Å². The Balaban J connectivity index is 1.50. The first-order valence-electron chi connectivity index (χ1n) is 9.09. The molecule has 0 spiro atoms. The average Bonchev–Trinajstić information content (AvgIpc) is 3.05. The van der Waals surface area contributed by atoms with Gasteiger partial charge in [0.05, 0.1) is 24.9 Å². The van der Waals surface area contributed by atoms with E-state index in [0.717, 1.165) is 18.4 Å². The van der Waals surface area contributed by atoms with Crippen LogP contribution in [0.1, 0.15) is 35.6 Å². The predicted molar refractivity (Wildman–Crippen MR) is 99.8 cm³/mol. The van der Waals surface area contributed by atoms with E-state index < -0.39 is 18.3 Å². The van der Waals surface area contributed by atoms with Gasteiger partial charge in [-0.15, -0.1) is 11.8 Å². The van der Waals surface area contributed by atoms with E-state index in [9.17, 15) is 14.6 Å². The smallest absolute Gasteiger partial charge is 0.129 e. The highest BCUT2D eigenvalue weighted by Crippen LogP contribution is 2.39. The molecule has 0 radical (unpaired) electrons. The summed E-state index contributed by atoms with van der Waals surface area (Å²) in [5, 5.41) is 19.8. The van der Waals surface area contributed by atoms with Crippen molar-refractivity contribution in [3.63, 3.8) is 0 Å². The van der Waals surface area contributed by atoms with E-state index in [-0.39, 0.29) is 12.4 Å². The minimum absolute atomic E-state index is 0.161. The van der Waals surface area contributed by atoms with E-state index >= 15 is 0 Å². The van der Waals surface area contributed by atoms with Gasteiger partial charge in [0.1, 0.15) is 5.82 Å². The van der Waals surface area contributed by atoms with E-state index in [0.29, 0.717) is 23.7 Å². The van der Waals surface area contributed by atoms with Crippen molar-refractivity contribution in [1.82, 2.24) is 0 Å². The summed E-state index contributed by atoms with van der Waals surface area (Å²) in [5.74, 6) is -0.313. The molecule has 4 atom stereocenters. The van der Waals surface area contributed by atoms with Crippen molar-refractivity contribution in [2.45, 2.75) is 54.1 Å². The van der Waals surface area contributed by atoms with Crippen LogP contribution in [0.3, 0.4) is 0 Å². The van der Waals surface area contributed by atoms with E-state index in [1.165, 1.54) is 16.5 Å². The lowest BCUT2D eigenvalue weighted by Gasteiger charge is -2.33. The molecule has 4 rings (SSSR count). The fourth-order valence-corrected chi connectivity index (χ4v) is 5.26. The number of fused-ring (bicyclic) bond motifs is 1. The van der Waals surface area contributed by atoms with Gasteiger partial charge < -0.3 is 14.9 Å². The Labute approximate surface area is 157 Å². The number of rotatable bonds is 4. The Kier molecular flexibility index (Phi) is 5.32. The lowest BCUT2D eigenvalue weighted by molar-refractivity contribution is -0.114. The molecule has 4 unspecified atom stereocenters. The van der Waals surface area contributed by atoms with Crippen molar-refractivity contribution in [3.05, 3.63) is 65.0 Å². The van der Waals surface area contributed by atoms with E-state index in [1.807, 2.05) is 23.9 Å². The molecule has 3 nitrogen and oxygen atoms in total. The third kappa shape index (κ3) is 3.81. The van der Waals surface area contributed by atoms with Crippen molar-refractivity contribution in [2.24, 2.45) is 0 Å². The number of aliphatic hydroxyl groups excluding tert-OH is 2. The minimum atomic E-state index is -0.575. The van der Waals surface area contributed by atoms with Crippen molar-refractivity contribution < 1.29 is 19.3 Å². The fourth-order valence-electron chi connectivity index (χ4n) is 3.91. The SMILES string of the molecule is OCC1CC(O)CC(c2cc(CC3Cc4ccccc4S3)ccc2F)O1. The van der Waals surface area contributed by atoms with E-state index in [2.05, 4.69) is 24.3 Å². The molecular weight excluding hydrogens is 351 g/mol. The van der Waals surface area contributed by atoms with Crippen LogP contribution >= 0.6 is 11.8 Å². The van der Waals surface area contributed by atoms with Crippen LogP contribution in [0.25, 0.3) is 0 Å². The molecule has 2 aliphatic heterocycles. The Bertz CT molecular complexity index is 757. The van der Waals surface area contributed by atoms with Gasteiger partial charge >= 0.3 is 0 Å². The molecule has 138 valence electrons. The van der Waals surface area contributed by atoms with Gasteiger partial charge in [0.15, 0.2) is 0 Å². The van der Waals surface area contributed by atoms with Crippen LogP contribution in [0, 0.1) is 5.82 Å². The molecule has 2 aromatic carbocycles. The Morgan fingerprint density at radius 2 is 2.00 bits per heavy atom. The van der Waals surface area contributed by atoms with E-state index in [4.69, 9.17) is 4.74 Å². The molecule has 2 heterocycles. The Morgan fingerprint density at radius 1 is 1.15 bits per heavy atom. The second-order valence-corrected chi connectivity index (χ2v) is 8.51. The summed E-state index contributed by atoms with van der Waals surface area (Å²) in [7, 11) is 0. The molecule has 1 saturated heterocycles. The molecular formula is C21H23FO3S.